The second kappa shape index (κ2) is 6.59. The van der Waals surface area contributed by atoms with Gasteiger partial charge in [0.25, 0.3) is 0 Å². The van der Waals surface area contributed by atoms with Crippen molar-refractivity contribution in [1.29, 1.82) is 0 Å². The Morgan fingerprint density at radius 3 is 2.80 bits per heavy atom. The lowest BCUT2D eigenvalue weighted by Crippen LogP contribution is -2.20. The van der Waals surface area contributed by atoms with Crippen molar-refractivity contribution in [3.05, 3.63) is 42.5 Å². The van der Waals surface area contributed by atoms with Gasteiger partial charge in [0, 0.05) is 16.9 Å². The van der Waals surface area contributed by atoms with Crippen molar-refractivity contribution >= 4 is 22.6 Å². The molecule has 25 heavy (non-hydrogen) atoms. The number of H-pyrrole nitrogens is 1. The number of hydrogen-bond donors (Lipinski definition) is 2. The van der Waals surface area contributed by atoms with Crippen LogP contribution in [0.3, 0.4) is 0 Å². The van der Waals surface area contributed by atoms with Crippen LogP contribution in [0.15, 0.2) is 42.5 Å². The third-order valence-electron chi connectivity index (χ3n) is 4.95. The SMILES string of the molecule is COc1ccccc1-c1ccc2c(NC(=O)C3CCCC3)n[nH]c2c1. The number of nitrogens with zero attached hydrogens (tertiary/aromatic N) is 1. The molecule has 5 heteroatoms. The zero-order valence-electron chi connectivity index (χ0n) is 14.2. The Labute approximate surface area is 146 Å². The van der Waals surface area contributed by atoms with Crippen LogP contribution in [0.2, 0.25) is 0 Å². The minimum absolute atomic E-state index is 0.0831. The smallest absolute Gasteiger partial charge is 0.228 e. The van der Waals surface area contributed by atoms with E-state index in [0.29, 0.717) is 5.82 Å². The molecule has 2 aromatic carbocycles. The molecule has 0 bridgehead atoms. The van der Waals surface area contributed by atoms with Crippen LogP contribution in [0, 0.1) is 5.92 Å². The van der Waals surface area contributed by atoms with Gasteiger partial charge in [0.15, 0.2) is 5.82 Å². The predicted octanol–water partition coefficient (Wildman–Crippen LogP) is 4.37. The lowest BCUT2D eigenvalue weighted by atomic mass is 10.0. The van der Waals surface area contributed by atoms with E-state index in [1.807, 2.05) is 42.5 Å². The topological polar surface area (TPSA) is 67.0 Å². The Morgan fingerprint density at radius 2 is 2.00 bits per heavy atom. The van der Waals surface area contributed by atoms with E-state index < -0.39 is 0 Å². The number of benzene rings is 2. The normalized spacial score (nSPS) is 14.8. The van der Waals surface area contributed by atoms with Gasteiger partial charge in [-0.15, -0.1) is 0 Å². The summed E-state index contributed by atoms with van der Waals surface area (Å²) in [5.74, 6) is 1.65. The molecule has 4 rings (SSSR count). The van der Waals surface area contributed by atoms with Crippen LogP contribution in [0.1, 0.15) is 25.7 Å². The van der Waals surface area contributed by atoms with Crippen molar-refractivity contribution in [2.24, 2.45) is 5.92 Å². The number of hydrogen-bond acceptors (Lipinski definition) is 3. The molecule has 0 radical (unpaired) electrons. The van der Waals surface area contributed by atoms with E-state index in [-0.39, 0.29) is 11.8 Å². The number of para-hydroxylation sites is 1. The van der Waals surface area contributed by atoms with E-state index in [4.69, 9.17) is 4.74 Å². The van der Waals surface area contributed by atoms with Gasteiger partial charge in [-0.1, -0.05) is 37.1 Å². The van der Waals surface area contributed by atoms with Crippen LogP contribution in [0.25, 0.3) is 22.0 Å². The largest absolute Gasteiger partial charge is 0.496 e. The number of aromatic amines is 1. The van der Waals surface area contributed by atoms with E-state index in [1.165, 1.54) is 0 Å². The first-order valence-corrected chi connectivity index (χ1v) is 8.68. The molecule has 1 aliphatic carbocycles. The molecule has 1 saturated carbocycles. The molecule has 0 atom stereocenters. The Hall–Kier alpha value is -2.82. The minimum atomic E-state index is 0.0831. The highest BCUT2D eigenvalue weighted by Crippen LogP contribution is 2.33. The molecule has 1 amide bonds. The van der Waals surface area contributed by atoms with Gasteiger partial charge in [0.05, 0.1) is 12.6 Å². The quantitative estimate of drug-likeness (QED) is 0.744. The van der Waals surface area contributed by atoms with Gasteiger partial charge in [-0.05, 0) is 36.6 Å². The molecule has 2 N–H and O–H groups in total. The average Bonchev–Trinajstić information content (AvgIpc) is 3.31. The zero-order valence-corrected chi connectivity index (χ0v) is 14.2. The van der Waals surface area contributed by atoms with Crippen LogP contribution in [-0.2, 0) is 4.79 Å². The Morgan fingerprint density at radius 1 is 1.20 bits per heavy atom. The summed E-state index contributed by atoms with van der Waals surface area (Å²) < 4.78 is 5.44. The summed E-state index contributed by atoms with van der Waals surface area (Å²) in [7, 11) is 1.67. The highest BCUT2D eigenvalue weighted by atomic mass is 16.5. The first-order chi connectivity index (χ1) is 12.3. The second-order valence-electron chi connectivity index (χ2n) is 6.50. The molecule has 3 aromatic rings. The van der Waals surface area contributed by atoms with Crippen LogP contribution >= 0.6 is 0 Å². The maximum Gasteiger partial charge on any atom is 0.228 e. The third kappa shape index (κ3) is 2.97. The number of amides is 1. The van der Waals surface area contributed by atoms with Gasteiger partial charge in [-0.25, -0.2) is 0 Å². The zero-order chi connectivity index (χ0) is 17.2. The van der Waals surface area contributed by atoms with Crippen molar-refractivity contribution in [2.75, 3.05) is 12.4 Å². The van der Waals surface area contributed by atoms with Gasteiger partial charge >= 0.3 is 0 Å². The highest BCUT2D eigenvalue weighted by molar-refractivity contribution is 6.01. The molecular weight excluding hydrogens is 314 g/mol. The van der Waals surface area contributed by atoms with E-state index in [0.717, 1.165) is 53.5 Å². The molecule has 128 valence electrons. The summed E-state index contributed by atoms with van der Waals surface area (Å²) in [6.45, 7) is 0. The number of rotatable bonds is 4. The lowest BCUT2D eigenvalue weighted by Gasteiger charge is -2.09. The van der Waals surface area contributed by atoms with Crippen molar-refractivity contribution in [3.63, 3.8) is 0 Å². The Bertz CT molecular complexity index is 910. The molecule has 5 nitrogen and oxygen atoms in total. The summed E-state index contributed by atoms with van der Waals surface area (Å²) in [5.41, 5.74) is 2.96. The van der Waals surface area contributed by atoms with E-state index in [1.54, 1.807) is 7.11 Å². The Kier molecular flexibility index (Phi) is 4.14. The number of fused-ring (bicyclic) bond motifs is 1. The maximum atomic E-state index is 12.3. The number of nitrogens with one attached hydrogen (secondary N) is 2. The Balaban J connectivity index is 1.64. The van der Waals surface area contributed by atoms with Crippen molar-refractivity contribution in [2.45, 2.75) is 25.7 Å². The van der Waals surface area contributed by atoms with E-state index >= 15 is 0 Å². The highest BCUT2D eigenvalue weighted by Gasteiger charge is 2.23. The first kappa shape index (κ1) is 15.7. The monoisotopic (exact) mass is 335 g/mol. The van der Waals surface area contributed by atoms with Crippen LogP contribution in [-0.4, -0.2) is 23.2 Å². The van der Waals surface area contributed by atoms with Crippen molar-refractivity contribution < 1.29 is 9.53 Å². The van der Waals surface area contributed by atoms with E-state index in [9.17, 15) is 4.79 Å². The molecule has 1 heterocycles. The van der Waals surface area contributed by atoms with Gasteiger partial charge in [-0.2, -0.15) is 5.10 Å². The summed E-state index contributed by atoms with van der Waals surface area (Å²) >= 11 is 0. The molecule has 1 aliphatic rings. The van der Waals surface area contributed by atoms with E-state index in [2.05, 4.69) is 15.5 Å². The lowest BCUT2D eigenvalue weighted by molar-refractivity contribution is -0.119. The van der Waals surface area contributed by atoms with Crippen LogP contribution in [0.5, 0.6) is 5.75 Å². The molecule has 0 spiro atoms. The molecule has 0 saturated heterocycles. The summed E-state index contributed by atoms with van der Waals surface area (Å²) in [6, 6.07) is 14.0. The average molecular weight is 335 g/mol. The van der Waals surface area contributed by atoms with Crippen LogP contribution < -0.4 is 10.1 Å². The number of methoxy groups -OCH3 is 1. The summed E-state index contributed by atoms with van der Waals surface area (Å²) in [4.78, 5) is 12.3. The number of ether oxygens (including phenoxy) is 1. The molecule has 1 aromatic heterocycles. The maximum absolute atomic E-state index is 12.3. The minimum Gasteiger partial charge on any atom is -0.496 e. The molecule has 0 aliphatic heterocycles. The fraction of sp³-hybridized carbons (Fsp3) is 0.300. The van der Waals surface area contributed by atoms with Crippen molar-refractivity contribution in [1.82, 2.24) is 10.2 Å². The first-order valence-electron chi connectivity index (χ1n) is 8.68. The van der Waals surface area contributed by atoms with Crippen LogP contribution in [0.4, 0.5) is 5.82 Å². The van der Waals surface area contributed by atoms with Gasteiger partial charge in [-0.3, -0.25) is 9.89 Å². The summed E-state index contributed by atoms with van der Waals surface area (Å²) in [5, 5.41) is 11.2. The fourth-order valence-electron chi connectivity index (χ4n) is 3.57. The van der Waals surface area contributed by atoms with Gasteiger partial charge < -0.3 is 10.1 Å². The standard InChI is InChI=1S/C20H21N3O2/c1-25-18-9-5-4-8-15(18)14-10-11-16-17(12-14)22-23-19(16)21-20(24)13-6-2-3-7-13/h4-5,8-13H,2-3,6-7H2,1H3,(H2,21,22,23,24). The molecule has 0 unspecified atom stereocenters. The molecule has 1 fully saturated rings. The van der Waals surface area contributed by atoms with Gasteiger partial charge in [0.2, 0.25) is 5.91 Å². The fourth-order valence-corrected chi connectivity index (χ4v) is 3.57. The number of aromatic nitrogens is 2. The summed E-state index contributed by atoms with van der Waals surface area (Å²) in [6.07, 6.45) is 4.24. The number of anilines is 1. The predicted molar refractivity (Wildman–Crippen MR) is 98.7 cm³/mol. The molecular formula is C20H21N3O2. The second-order valence-corrected chi connectivity index (χ2v) is 6.50. The number of carbonyl (C=O) groups is 1. The third-order valence-corrected chi connectivity index (χ3v) is 4.95. The van der Waals surface area contributed by atoms with Gasteiger partial charge in [0.1, 0.15) is 5.75 Å². The number of carbonyl (C=O) groups excluding carboxylic acids is 1. The van der Waals surface area contributed by atoms with Crippen molar-refractivity contribution in [3.8, 4) is 16.9 Å².